The molecule has 0 radical (unpaired) electrons. The predicted molar refractivity (Wildman–Crippen MR) is 102 cm³/mol. The second-order valence-electron chi connectivity index (χ2n) is 4.90. The van der Waals surface area contributed by atoms with Crippen molar-refractivity contribution >= 4 is 23.1 Å². The van der Waals surface area contributed by atoms with E-state index in [1.54, 1.807) is 23.9 Å². The van der Waals surface area contributed by atoms with Crippen molar-refractivity contribution in [2.45, 2.75) is 39.0 Å². The SMILES string of the molecule is CC.CC.CN(C)CCCN1CCSc2cc([N+](=O)[O-])ccc21. The van der Waals surface area contributed by atoms with E-state index in [0.717, 1.165) is 42.4 Å². The lowest BCUT2D eigenvalue weighted by Gasteiger charge is -2.31. The summed E-state index contributed by atoms with van der Waals surface area (Å²) in [7, 11) is 4.15. The Morgan fingerprint density at radius 1 is 1.26 bits per heavy atom. The van der Waals surface area contributed by atoms with Gasteiger partial charge < -0.3 is 9.80 Å². The number of thioether (sulfide) groups is 1. The molecule has 1 aromatic rings. The molecule has 0 unspecified atom stereocenters. The van der Waals surface area contributed by atoms with E-state index < -0.39 is 0 Å². The molecule has 5 nitrogen and oxygen atoms in total. The van der Waals surface area contributed by atoms with Crippen LogP contribution >= 0.6 is 11.8 Å². The Bertz CT molecular complexity index is 467. The largest absolute Gasteiger partial charge is 0.370 e. The molecule has 0 bridgehead atoms. The van der Waals surface area contributed by atoms with Gasteiger partial charge in [-0.1, -0.05) is 27.7 Å². The Morgan fingerprint density at radius 2 is 1.91 bits per heavy atom. The second-order valence-corrected chi connectivity index (χ2v) is 6.04. The van der Waals surface area contributed by atoms with Gasteiger partial charge in [-0.05, 0) is 33.1 Å². The van der Waals surface area contributed by atoms with Crippen LogP contribution in [0.4, 0.5) is 11.4 Å². The lowest BCUT2D eigenvalue weighted by Crippen LogP contribution is -2.31. The third-order valence-corrected chi connectivity index (χ3v) is 4.17. The van der Waals surface area contributed by atoms with Crippen LogP contribution in [0.3, 0.4) is 0 Å². The average Bonchev–Trinajstić information content (AvgIpc) is 2.58. The van der Waals surface area contributed by atoms with E-state index in [0.29, 0.717) is 0 Å². The molecular formula is C17H31N3O2S. The van der Waals surface area contributed by atoms with E-state index in [9.17, 15) is 10.1 Å². The quantitative estimate of drug-likeness (QED) is 0.582. The van der Waals surface area contributed by atoms with Crippen LogP contribution in [-0.2, 0) is 0 Å². The van der Waals surface area contributed by atoms with Gasteiger partial charge in [0.1, 0.15) is 0 Å². The first kappa shape index (κ1) is 21.7. The number of benzene rings is 1. The maximum absolute atomic E-state index is 10.8. The summed E-state index contributed by atoms with van der Waals surface area (Å²) in [4.78, 5) is 16.0. The number of hydrogen-bond acceptors (Lipinski definition) is 5. The first-order valence-electron chi connectivity index (χ1n) is 8.39. The summed E-state index contributed by atoms with van der Waals surface area (Å²) in [6, 6.07) is 5.18. The van der Waals surface area contributed by atoms with Gasteiger partial charge in [0, 0.05) is 35.9 Å². The Kier molecular flexibility index (Phi) is 11.5. The Hall–Kier alpha value is -1.27. The van der Waals surface area contributed by atoms with Gasteiger partial charge in [0.05, 0.1) is 10.6 Å². The van der Waals surface area contributed by atoms with Crippen LogP contribution in [0.15, 0.2) is 23.1 Å². The Labute approximate surface area is 145 Å². The number of anilines is 1. The van der Waals surface area contributed by atoms with E-state index in [1.165, 1.54) is 0 Å². The Morgan fingerprint density at radius 3 is 2.48 bits per heavy atom. The Balaban J connectivity index is 0.00000112. The summed E-state index contributed by atoms with van der Waals surface area (Å²) in [5.74, 6) is 0.996. The average molecular weight is 342 g/mol. The highest BCUT2D eigenvalue weighted by molar-refractivity contribution is 7.99. The number of nitro groups is 1. The summed E-state index contributed by atoms with van der Waals surface area (Å²) in [5, 5.41) is 10.8. The molecule has 0 N–H and O–H groups in total. The number of nitro benzene ring substituents is 1. The van der Waals surface area contributed by atoms with Gasteiger partial charge in [0.15, 0.2) is 0 Å². The third-order valence-electron chi connectivity index (χ3n) is 3.15. The van der Waals surface area contributed by atoms with Crippen LogP contribution in [0.1, 0.15) is 34.1 Å². The molecule has 1 aliphatic rings. The van der Waals surface area contributed by atoms with E-state index >= 15 is 0 Å². The lowest BCUT2D eigenvalue weighted by molar-refractivity contribution is -0.385. The first-order valence-corrected chi connectivity index (χ1v) is 9.37. The molecular weight excluding hydrogens is 310 g/mol. The van der Waals surface area contributed by atoms with Crippen molar-refractivity contribution in [1.29, 1.82) is 0 Å². The smallest absolute Gasteiger partial charge is 0.270 e. The van der Waals surface area contributed by atoms with Crippen LogP contribution in [0.2, 0.25) is 0 Å². The van der Waals surface area contributed by atoms with Gasteiger partial charge in [-0.2, -0.15) is 0 Å². The molecule has 0 aromatic heterocycles. The van der Waals surface area contributed by atoms with Gasteiger partial charge in [-0.25, -0.2) is 0 Å². The highest BCUT2D eigenvalue weighted by Gasteiger charge is 2.19. The fraction of sp³-hybridized carbons (Fsp3) is 0.647. The summed E-state index contributed by atoms with van der Waals surface area (Å²) in [5.41, 5.74) is 1.32. The van der Waals surface area contributed by atoms with E-state index in [-0.39, 0.29) is 10.6 Å². The molecule has 0 atom stereocenters. The summed E-state index contributed by atoms with van der Waals surface area (Å²) >= 11 is 1.71. The van der Waals surface area contributed by atoms with Crippen molar-refractivity contribution in [3.63, 3.8) is 0 Å². The topological polar surface area (TPSA) is 49.6 Å². The van der Waals surface area contributed by atoms with Crippen molar-refractivity contribution in [2.24, 2.45) is 0 Å². The number of hydrogen-bond donors (Lipinski definition) is 0. The van der Waals surface area contributed by atoms with Crippen molar-refractivity contribution in [3.05, 3.63) is 28.3 Å². The van der Waals surface area contributed by atoms with Gasteiger partial charge >= 0.3 is 0 Å². The molecule has 0 saturated carbocycles. The van der Waals surface area contributed by atoms with Crippen LogP contribution in [0.5, 0.6) is 0 Å². The van der Waals surface area contributed by atoms with Gasteiger partial charge in [-0.15, -0.1) is 11.8 Å². The number of fused-ring (bicyclic) bond motifs is 1. The molecule has 0 saturated heterocycles. The summed E-state index contributed by atoms with van der Waals surface area (Å²) in [6.45, 7) is 11.1. The van der Waals surface area contributed by atoms with Crippen LogP contribution in [0, 0.1) is 10.1 Å². The molecule has 0 amide bonds. The molecule has 0 spiro atoms. The number of rotatable bonds is 5. The minimum atomic E-state index is -0.328. The molecule has 1 heterocycles. The molecule has 1 aliphatic heterocycles. The highest BCUT2D eigenvalue weighted by atomic mass is 32.2. The molecule has 132 valence electrons. The number of non-ortho nitro benzene ring substituents is 1. The fourth-order valence-corrected chi connectivity index (χ4v) is 3.27. The minimum absolute atomic E-state index is 0.182. The predicted octanol–water partition coefficient (Wildman–Crippen LogP) is 4.51. The number of nitrogens with zero attached hydrogens (tertiary/aromatic N) is 3. The van der Waals surface area contributed by atoms with Crippen molar-refractivity contribution in [3.8, 4) is 0 Å². The van der Waals surface area contributed by atoms with E-state index in [4.69, 9.17) is 0 Å². The van der Waals surface area contributed by atoms with Crippen LogP contribution in [-0.4, -0.2) is 49.3 Å². The lowest BCUT2D eigenvalue weighted by atomic mass is 10.2. The van der Waals surface area contributed by atoms with Crippen LogP contribution in [0.25, 0.3) is 0 Å². The van der Waals surface area contributed by atoms with Crippen LogP contribution < -0.4 is 4.90 Å². The van der Waals surface area contributed by atoms with Crippen molar-refractivity contribution in [2.75, 3.05) is 44.4 Å². The van der Waals surface area contributed by atoms with Crippen molar-refractivity contribution in [1.82, 2.24) is 4.90 Å². The van der Waals surface area contributed by atoms with Gasteiger partial charge in [0.2, 0.25) is 0 Å². The highest BCUT2D eigenvalue weighted by Crippen LogP contribution is 2.37. The molecule has 2 rings (SSSR count). The fourth-order valence-electron chi connectivity index (χ4n) is 2.19. The third kappa shape index (κ3) is 7.22. The standard InChI is InChI=1S/C13H19N3O2S.2C2H6/c1-14(2)6-3-7-15-8-9-19-13-10-11(16(17)18)4-5-12(13)15;2*1-2/h4-5,10H,3,6-9H2,1-2H3;2*1-2H3. The molecule has 0 aliphatic carbocycles. The molecule has 0 fully saturated rings. The first-order chi connectivity index (χ1) is 11.1. The van der Waals surface area contributed by atoms with Gasteiger partial charge in [-0.3, -0.25) is 10.1 Å². The molecule has 23 heavy (non-hydrogen) atoms. The zero-order valence-corrected chi connectivity index (χ0v) is 16.2. The minimum Gasteiger partial charge on any atom is -0.370 e. The normalized spacial score (nSPS) is 12.6. The maximum Gasteiger partial charge on any atom is 0.270 e. The monoisotopic (exact) mass is 341 g/mol. The zero-order chi connectivity index (χ0) is 17.8. The summed E-state index contributed by atoms with van der Waals surface area (Å²) < 4.78 is 0. The second kappa shape index (κ2) is 12.2. The molecule has 6 heteroatoms. The van der Waals surface area contributed by atoms with E-state index in [1.807, 2.05) is 33.8 Å². The van der Waals surface area contributed by atoms with E-state index in [2.05, 4.69) is 23.9 Å². The maximum atomic E-state index is 10.8. The molecule has 1 aromatic carbocycles. The zero-order valence-electron chi connectivity index (χ0n) is 15.3. The van der Waals surface area contributed by atoms with Crippen molar-refractivity contribution < 1.29 is 4.92 Å². The van der Waals surface area contributed by atoms with Gasteiger partial charge in [0.25, 0.3) is 5.69 Å². The summed E-state index contributed by atoms with van der Waals surface area (Å²) in [6.07, 6.45) is 1.11.